The minimum atomic E-state index is -3.51. The third kappa shape index (κ3) is 38.1. The zero-order chi connectivity index (χ0) is 10.7. The molecule has 1 N–H and O–H groups in total. The zero-order valence-corrected chi connectivity index (χ0v) is 17.6. The number of hydrogen-bond donors (Lipinski definition) is 1. The van der Waals surface area contributed by atoms with Gasteiger partial charge in [-0.3, -0.25) is 4.31 Å². The van der Waals surface area contributed by atoms with E-state index in [1.54, 1.807) is 0 Å². The van der Waals surface area contributed by atoms with E-state index in [0.29, 0.717) is 6.61 Å². The van der Waals surface area contributed by atoms with Gasteiger partial charge >= 0.3 is 103 Å². The van der Waals surface area contributed by atoms with Crippen LogP contribution in [0.3, 0.4) is 0 Å². The van der Waals surface area contributed by atoms with E-state index < -0.39 is 16.5 Å². The number of aliphatic hydroxyl groups excluding tert-OH is 1. The summed E-state index contributed by atoms with van der Waals surface area (Å²) in [7, 11) is -7.03. The predicted octanol–water partition coefficient (Wildman–Crippen LogP) is -6.32. The van der Waals surface area contributed by atoms with Gasteiger partial charge in [-0.1, -0.05) is 19.8 Å². The van der Waals surface area contributed by atoms with Gasteiger partial charge in [0.1, 0.15) is 16.5 Å². The molecule has 0 saturated carbocycles. The molecule has 2 unspecified atom stereocenters. The first-order valence-electron chi connectivity index (χ1n) is 3.75. The van der Waals surface area contributed by atoms with Crippen molar-refractivity contribution in [1.82, 2.24) is 0 Å². The Balaban J connectivity index is -0.0000000718. The predicted molar refractivity (Wildman–Crippen MR) is 45.7 cm³/mol. The van der Waals surface area contributed by atoms with Crippen LogP contribution in [0, 0.1) is 0 Å². The van der Waals surface area contributed by atoms with Crippen molar-refractivity contribution >= 4 is 16.5 Å². The Morgan fingerprint density at radius 1 is 1.13 bits per heavy atom. The van der Waals surface area contributed by atoms with Crippen LogP contribution >= 0.6 is 16.5 Å². The Bertz CT molecular complexity index is 142. The summed E-state index contributed by atoms with van der Waals surface area (Å²) in [6.07, 6.45) is 3.33. The topological polar surface area (TPSA) is 110 Å². The zero-order valence-electron chi connectivity index (χ0n) is 9.32. The van der Waals surface area contributed by atoms with Gasteiger partial charge < -0.3 is 24.0 Å². The van der Waals surface area contributed by atoms with Crippen LogP contribution < -0.4 is 113 Å². The largest absolute Gasteiger partial charge is 1.00 e. The Labute approximate surface area is 176 Å². The van der Waals surface area contributed by atoms with Crippen molar-refractivity contribution in [1.29, 1.82) is 0 Å². The molecule has 0 aliphatic rings. The van der Waals surface area contributed by atoms with Gasteiger partial charge in [0, 0.05) is 6.61 Å². The SMILES string of the molecule is CCCCCO.O=[PH]([O-])O[PH](=O)[O-].[K+].[K+]. The van der Waals surface area contributed by atoms with Gasteiger partial charge in [0.25, 0.3) is 0 Å². The molecule has 0 radical (unpaired) electrons. The van der Waals surface area contributed by atoms with Gasteiger partial charge in [-0.25, -0.2) is 0 Å². The smallest absolute Gasteiger partial charge is 0.781 e. The summed E-state index contributed by atoms with van der Waals surface area (Å²) < 4.78 is 21.8. The first-order chi connectivity index (χ1) is 6.04. The summed E-state index contributed by atoms with van der Waals surface area (Å²) in [5.74, 6) is 0. The van der Waals surface area contributed by atoms with E-state index in [1.165, 1.54) is 6.42 Å². The number of rotatable bonds is 5. The first kappa shape index (κ1) is 27.0. The fourth-order valence-electron chi connectivity index (χ4n) is 0.430. The summed E-state index contributed by atoms with van der Waals surface area (Å²) in [6, 6.07) is 0. The van der Waals surface area contributed by atoms with Crippen molar-refractivity contribution in [3.63, 3.8) is 0 Å². The molecule has 0 amide bonds. The minimum Gasteiger partial charge on any atom is -0.781 e. The molecule has 0 fully saturated rings. The van der Waals surface area contributed by atoms with E-state index in [1.807, 2.05) is 0 Å². The molecule has 0 saturated heterocycles. The van der Waals surface area contributed by atoms with Gasteiger partial charge in [-0.05, 0) is 6.42 Å². The van der Waals surface area contributed by atoms with Gasteiger partial charge in [-0.15, -0.1) is 0 Å². The van der Waals surface area contributed by atoms with Gasteiger partial charge in [0.05, 0.1) is 0 Å². The fourth-order valence-corrected chi connectivity index (χ4v) is 0.974. The minimum absolute atomic E-state index is 0. The van der Waals surface area contributed by atoms with Crippen molar-refractivity contribution < 1.29 is 131 Å². The molecule has 10 heteroatoms. The molecule has 0 aliphatic heterocycles. The maximum Gasteiger partial charge on any atom is 1.00 e. The van der Waals surface area contributed by atoms with E-state index in [0.717, 1.165) is 12.8 Å². The number of aliphatic hydroxyl groups is 1. The maximum atomic E-state index is 9.29. The van der Waals surface area contributed by atoms with Gasteiger partial charge in [0.2, 0.25) is 0 Å². The fraction of sp³-hybridized carbons (Fsp3) is 1.00. The Hall–Kier alpha value is 3.57. The monoisotopic (exact) mass is 310 g/mol. The maximum absolute atomic E-state index is 9.29. The summed E-state index contributed by atoms with van der Waals surface area (Å²) in [5.41, 5.74) is 0. The molecule has 82 valence electrons. The molecule has 0 rings (SSSR count). The van der Waals surface area contributed by atoms with Crippen molar-refractivity contribution in [3.8, 4) is 0 Å². The molecule has 0 bridgehead atoms. The van der Waals surface area contributed by atoms with Crippen LogP contribution in [0.5, 0.6) is 0 Å². The molecular weight excluding hydrogens is 296 g/mol. The van der Waals surface area contributed by atoms with Crippen LogP contribution in [0.25, 0.3) is 0 Å². The quantitative estimate of drug-likeness (QED) is 0.307. The normalized spacial score (nSPS) is 12.3. The molecule has 0 aromatic rings. The number of hydrogen-bond acceptors (Lipinski definition) is 6. The van der Waals surface area contributed by atoms with Crippen molar-refractivity contribution in [3.05, 3.63) is 0 Å². The van der Waals surface area contributed by atoms with Gasteiger partial charge in [0.15, 0.2) is 0 Å². The molecule has 2 atom stereocenters. The molecule has 0 spiro atoms. The first-order valence-corrected chi connectivity index (χ1v) is 6.20. The van der Waals surface area contributed by atoms with E-state index in [9.17, 15) is 18.9 Å². The Morgan fingerprint density at radius 3 is 1.60 bits per heavy atom. The molecule has 0 aromatic heterocycles. The molecule has 0 aromatic carbocycles. The Kier molecular flexibility index (Phi) is 40.9. The summed E-state index contributed by atoms with van der Waals surface area (Å²) in [4.78, 5) is 18.6. The van der Waals surface area contributed by atoms with Crippen LogP contribution in [0.4, 0.5) is 0 Å². The second kappa shape index (κ2) is 22.7. The summed E-state index contributed by atoms with van der Waals surface area (Å²) >= 11 is 0. The summed E-state index contributed by atoms with van der Waals surface area (Å²) in [5, 5.41) is 8.20. The van der Waals surface area contributed by atoms with Crippen LogP contribution in [0.1, 0.15) is 26.2 Å². The molecule has 6 nitrogen and oxygen atoms in total. The van der Waals surface area contributed by atoms with E-state index >= 15 is 0 Å². The third-order valence-electron chi connectivity index (χ3n) is 0.928. The van der Waals surface area contributed by atoms with Crippen molar-refractivity contribution in [2.24, 2.45) is 0 Å². The Morgan fingerprint density at radius 2 is 1.53 bits per heavy atom. The molecule has 0 heterocycles. The van der Waals surface area contributed by atoms with E-state index in [4.69, 9.17) is 5.11 Å². The standard InChI is InChI=1S/C5H12O.2K.H4O5P2/c1-2-3-4-5-6;;;1-6(2)5-7(3)4/h6H,2-5H2,1H3;;;6-7H,(H,1,2)(H,3,4)/q;2*+1;/p-2. The van der Waals surface area contributed by atoms with Crippen molar-refractivity contribution in [2.75, 3.05) is 6.61 Å². The molecule has 0 aliphatic carbocycles. The van der Waals surface area contributed by atoms with Crippen molar-refractivity contribution in [2.45, 2.75) is 26.2 Å². The second-order valence-corrected chi connectivity index (χ2v) is 3.85. The van der Waals surface area contributed by atoms with Crippen LogP contribution in [-0.2, 0) is 13.4 Å². The van der Waals surface area contributed by atoms with E-state index in [2.05, 4.69) is 11.2 Å². The van der Waals surface area contributed by atoms with Crippen LogP contribution in [0.15, 0.2) is 0 Å². The third-order valence-corrected chi connectivity index (χ3v) is 2.26. The van der Waals surface area contributed by atoms with Crippen LogP contribution in [0.2, 0.25) is 0 Å². The average molecular weight is 310 g/mol. The average Bonchev–Trinajstić information content (AvgIpc) is 1.99. The number of unbranched alkanes of at least 4 members (excludes halogenated alkanes) is 2. The van der Waals surface area contributed by atoms with E-state index in [-0.39, 0.29) is 103 Å². The summed E-state index contributed by atoms with van der Waals surface area (Å²) in [6.45, 7) is 2.48. The molecule has 15 heavy (non-hydrogen) atoms. The van der Waals surface area contributed by atoms with Gasteiger partial charge in [-0.2, -0.15) is 0 Å². The molecular formula is C5H14K2O6P2. The second-order valence-electron chi connectivity index (χ2n) is 2.03. The van der Waals surface area contributed by atoms with Crippen LogP contribution in [-0.4, -0.2) is 11.7 Å².